The first-order chi connectivity index (χ1) is 8.10. The maximum atomic E-state index is 3.46. The summed E-state index contributed by atoms with van der Waals surface area (Å²) in [5.74, 6) is 1.26. The van der Waals surface area contributed by atoms with Crippen LogP contribution in [0.5, 0.6) is 0 Å². The van der Waals surface area contributed by atoms with Crippen molar-refractivity contribution >= 4 is 0 Å². The zero-order chi connectivity index (χ0) is 12.8. The van der Waals surface area contributed by atoms with Gasteiger partial charge in [-0.15, -0.1) is 0 Å². The smallest absolute Gasteiger partial charge is 0.0360 e. The molecule has 2 N–H and O–H groups in total. The summed E-state index contributed by atoms with van der Waals surface area (Å²) >= 11 is 0. The van der Waals surface area contributed by atoms with Crippen LogP contribution >= 0.6 is 0 Å². The summed E-state index contributed by atoms with van der Waals surface area (Å²) < 4.78 is 0. The van der Waals surface area contributed by atoms with Crippen LogP contribution in [0.4, 0.5) is 0 Å². The molecule has 0 aromatic heterocycles. The Balaban J connectivity index is 2.91. The molecule has 1 aromatic rings. The Bertz CT molecular complexity index is 316. The van der Waals surface area contributed by atoms with Crippen molar-refractivity contribution in [2.75, 3.05) is 20.6 Å². The summed E-state index contributed by atoms with van der Waals surface area (Å²) in [7, 11) is 4.08. The molecule has 0 fully saturated rings. The lowest BCUT2D eigenvalue weighted by Crippen LogP contribution is -2.35. The molecule has 0 heterocycles. The second kappa shape index (κ2) is 6.77. The van der Waals surface area contributed by atoms with Gasteiger partial charge in [-0.2, -0.15) is 0 Å². The van der Waals surface area contributed by atoms with Gasteiger partial charge in [0, 0.05) is 6.04 Å². The Morgan fingerprint density at radius 2 is 1.65 bits per heavy atom. The van der Waals surface area contributed by atoms with Crippen LogP contribution < -0.4 is 10.6 Å². The molecule has 0 radical (unpaired) electrons. The van der Waals surface area contributed by atoms with E-state index in [0.717, 1.165) is 6.54 Å². The normalized spacial score (nSPS) is 14.9. The third-order valence-corrected chi connectivity index (χ3v) is 3.47. The average Bonchev–Trinajstić information content (AvgIpc) is 2.31. The van der Waals surface area contributed by atoms with Crippen molar-refractivity contribution < 1.29 is 0 Å². The highest BCUT2D eigenvalue weighted by Gasteiger charge is 2.23. The number of nitrogens with one attached hydrogen (secondary N) is 2. The third kappa shape index (κ3) is 3.83. The Hall–Kier alpha value is -0.860. The number of benzene rings is 1. The molecule has 0 aliphatic carbocycles. The van der Waals surface area contributed by atoms with Gasteiger partial charge in [-0.3, -0.25) is 0 Å². The molecule has 0 bridgehead atoms. The number of hydrogen-bond donors (Lipinski definition) is 2. The first kappa shape index (κ1) is 14.2. The number of rotatable bonds is 6. The molecule has 0 amide bonds. The summed E-state index contributed by atoms with van der Waals surface area (Å²) in [4.78, 5) is 0. The van der Waals surface area contributed by atoms with Crippen molar-refractivity contribution in [2.45, 2.75) is 26.8 Å². The van der Waals surface area contributed by atoms with Crippen molar-refractivity contribution in [2.24, 2.45) is 11.8 Å². The quantitative estimate of drug-likeness (QED) is 0.791. The van der Waals surface area contributed by atoms with Gasteiger partial charge >= 0.3 is 0 Å². The second-order valence-electron chi connectivity index (χ2n) is 5.14. The zero-order valence-electron chi connectivity index (χ0n) is 11.7. The summed E-state index contributed by atoms with van der Waals surface area (Å²) in [5, 5.41) is 6.77. The van der Waals surface area contributed by atoms with E-state index in [1.807, 2.05) is 7.05 Å². The molecule has 1 rings (SSSR count). The lowest BCUT2D eigenvalue weighted by molar-refractivity contribution is 0.284. The minimum Gasteiger partial charge on any atom is -0.319 e. The fraction of sp³-hybridized carbons (Fsp3) is 0.600. The van der Waals surface area contributed by atoms with Crippen LogP contribution in [0.1, 0.15) is 31.0 Å². The highest BCUT2D eigenvalue weighted by molar-refractivity contribution is 5.24. The van der Waals surface area contributed by atoms with E-state index in [9.17, 15) is 0 Å². The van der Waals surface area contributed by atoms with Crippen LogP contribution in [-0.4, -0.2) is 20.6 Å². The molecule has 1 aromatic carbocycles. The van der Waals surface area contributed by atoms with Crippen LogP contribution in [0.25, 0.3) is 0 Å². The van der Waals surface area contributed by atoms with Crippen LogP contribution in [0.15, 0.2) is 24.3 Å². The summed E-state index contributed by atoms with van der Waals surface area (Å²) in [6.45, 7) is 7.75. The predicted octanol–water partition coefficient (Wildman–Crippen LogP) is 2.75. The van der Waals surface area contributed by atoms with E-state index in [1.165, 1.54) is 11.1 Å². The van der Waals surface area contributed by atoms with Gasteiger partial charge in [0.15, 0.2) is 0 Å². The summed E-state index contributed by atoms with van der Waals surface area (Å²) in [5.41, 5.74) is 2.70. The lowest BCUT2D eigenvalue weighted by atomic mass is 9.84. The minimum atomic E-state index is 0.419. The van der Waals surface area contributed by atoms with E-state index in [2.05, 4.69) is 62.7 Å². The molecule has 0 spiro atoms. The van der Waals surface area contributed by atoms with E-state index in [4.69, 9.17) is 0 Å². The van der Waals surface area contributed by atoms with Crippen molar-refractivity contribution in [1.82, 2.24) is 10.6 Å². The molecule has 2 nitrogen and oxygen atoms in total. The van der Waals surface area contributed by atoms with E-state index in [0.29, 0.717) is 17.9 Å². The first-order valence-electron chi connectivity index (χ1n) is 6.48. The molecule has 0 aliphatic rings. The molecule has 0 saturated carbocycles. The lowest BCUT2D eigenvalue weighted by Gasteiger charge is -2.30. The number of hydrogen-bond acceptors (Lipinski definition) is 2. The van der Waals surface area contributed by atoms with Gasteiger partial charge in [0.05, 0.1) is 0 Å². The summed E-state index contributed by atoms with van der Waals surface area (Å²) in [6, 6.07) is 9.28. The Morgan fingerprint density at radius 1 is 1.06 bits per heavy atom. The van der Waals surface area contributed by atoms with Gasteiger partial charge in [0.25, 0.3) is 0 Å². The van der Waals surface area contributed by atoms with Crippen molar-refractivity contribution in [3.8, 4) is 0 Å². The molecule has 2 atom stereocenters. The van der Waals surface area contributed by atoms with Gasteiger partial charge in [-0.1, -0.05) is 43.7 Å². The standard InChI is InChI=1S/C15H26N2/c1-11(2)14(10-16-4)15(17-5)13-8-6-12(3)7-9-13/h6-9,11,14-17H,10H2,1-5H3. The highest BCUT2D eigenvalue weighted by atomic mass is 14.9. The van der Waals surface area contributed by atoms with E-state index >= 15 is 0 Å². The van der Waals surface area contributed by atoms with Crippen LogP contribution in [-0.2, 0) is 0 Å². The van der Waals surface area contributed by atoms with E-state index in [1.54, 1.807) is 0 Å². The molecule has 2 heteroatoms. The fourth-order valence-corrected chi connectivity index (χ4v) is 2.38. The minimum absolute atomic E-state index is 0.419. The molecular weight excluding hydrogens is 208 g/mol. The monoisotopic (exact) mass is 234 g/mol. The van der Waals surface area contributed by atoms with Crippen LogP contribution in [0.2, 0.25) is 0 Å². The van der Waals surface area contributed by atoms with Crippen LogP contribution in [0.3, 0.4) is 0 Å². The van der Waals surface area contributed by atoms with E-state index in [-0.39, 0.29) is 0 Å². The molecule has 0 saturated heterocycles. The van der Waals surface area contributed by atoms with Crippen LogP contribution in [0, 0.1) is 18.8 Å². The molecule has 0 aliphatic heterocycles. The molecular formula is C15H26N2. The van der Waals surface area contributed by atoms with Crippen molar-refractivity contribution in [3.05, 3.63) is 35.4 Å². The van der Waals surface area contributed by atoms with E-state index < -0.39 is 0 Å². The first-order valence-corrected chi connectivity index (χ1v) is 6.48. The van der Waals surface area contributed by atoms with Gasteiger partial charge < -0.3 is 10.6 Å². The second-order valence-corrected chi connectivity index (χ2v) is 5.14. The Labute approximate surface area is 106 Å². The fourth-order valence-electron chi connectivity index (χ4n) is 2.38. The van der Waals surface area contributed by atoms with Crippen molar-refractivity contribution in [1.29, 1.82) is 0 Å². The Kier molecular flexibility index (Phi) is 5.66. The van der Waals surface area contributed by atoms with Crippen molar-refractivity contribution in [3.63, 3.8) is 0 Å². The van der Waals surface area contributed by atoms with Gasteiger partial charge in [0.1, 0.15) is 0 Å². The van der Waals surface area contributed by atoms with Gasteiger partial charge in [0.2, 0.25) is 0 Å². The molecule has 96 valence electrons. The highest BCUT2D eigenvalue weighted by Crippen LogP contribution is 2.27. The average molecular weight is 234 g/mol. The molecule has 2 unspecified atom stereocenters. The Morgan fingerprint density at radius 3 is 2.06 bits per heavy atom. The van der Waals surface area contributed by atoms with Gasteiger partial charge in [-0.05, 0) is 45.0 Å². The van der Waals surface area contributed by atoms with Gasteiger partial charge in [-0.25, -0.2) is 0 Å². The topological polar surface area (TPSA) is 24.1 Å². The maximum Gasteiger partial charge on any atom is 0.0360 e. The predicted molar refractivity (Wildman–Crippen MR) is 75.2 cm³/mol. The maximum absolute atomic E-state index is 3.46. The number of aryl methyl sites for hydroxylation is 1. The third-order valence-electron chi connectivity index (χ3n) is 3.47. The largest absolute Gasteiger partial charge is 0.319 e. The molecule has 17 heavy (non-hydrogen) atoms. The zero-order valence-corrected chi connectivity index (χ0v) is 11.7. The summed E-state index contributed by atoms with van der Waals surface area (Å²) in [6.07, 6.45) is 0. The SMILES string of the molecule is CNCC(C(C)C)C(NC)c1ccc(C)cc1.